The molecule has 0 saturated heterocycles. The zero-order chi connectivity index (χ0) is 22.0. The minimum Gasteiger partial charge on any atom is -0.442 e. The lowest BCUT2D eigenvalue weighted by molar-refractivity contribution is 0.117. The zero-order valence-corrected chi connectivity index (χ0v) is 18.7. The Labute approximate surface area is 187 Å². The van der Waals surface area contributed by atoms with Gasteiger partial charge < -0.3 is 10.1 Å². The highest BCUT2D eigenvalue weighted by molar-refractivity contribution is 6.31. The average Bonchev–Trinajstić information content (AvgIpc) is 3.32. The summed E-state index contributed by atoms with van der Waals surface area (Å²) in [7, 11) is 0. The largest absolute Gasteiger partial charge is 0.442 e. The number of carbonyl (C=O) groups is 1. The lowest BCUT2D eigenvalue weighted by Crippen LogP contribution is -2.27. The Bertz CT molecular complexity index is 1120. The lowest BCUT2D eigenvalue weighted by atomic mass is 9.96. The Morgan fingerprint density at radius 3 is 2.68 bits per heavy atom. The SMILES string of the molecule is Cc1ccc(-n2nc(C)c([C@H]3C=C[C@@H](OC(=O)NCc4ccccc4)C3)c2C)cc1Cl. The molecule has 1 amide bonds. The Hall–Kier alpha value is -3.05. The van der Waals surface area contributed by atoms with Gasteiger partial charge in [-0.3, -0.25) is 0 Å². The number of nitrogens with one attached hydrogen (secondary N) is 1. The third-order valence-electron chi connectivity index (χ3n) is 5.70. The first-order chi connectivity index (χ1) is 14.9. The van der Waals surface area contributed by atoms with Crippen molar-refractivity contribution in [2.24, 2.45) is 0 Å². The smallest absolute Gasteiger partial charge is 0.407 e. The molecule has 0 saturated carbocycles. The van der Waals surface area contributed by atoms with Gasteiger partial charge in [-0.05, 0) is 56.5 Å². The second kappa shape index (κ2) is 8.98. The summed E-state index contributed by atoms with van der Waals surface area (Å²) in [6, 6.07) is 15.7. The summed E-state index contributed by atoms with van der Waals surface area (Å²) in [5.41, 5.74) is 6.23. The maximum atomic E-state index is 12.2. The van der Waals surface area contributed by atoms with Crippen LogP contribution in [0.25, 0.3) is 5.69 Å². The van der Waals surface area contributed by atoms with Gasteiger partial charge in [0.05, 0.1) is 11.4 Å². The first kappa shape index (κ1) is 21.2. The van der Waals surface area contributed by atoms with Gasteiger partial charge in [-0.25, -0.2) is 9.48 Å². The molecular formula is C25H26ClN3O2. The van der Waals surface area contributed by atoms with Crippen LogP contribution in [0.2, 0.25) is 5.02 Å². The molecule has 1 aliphatic rings. The Balaban J connectivity index is 1.41. The van der Waals surface area contributed by atoms with E-state index in [-0.39, 0.29) is 12.0 Å². The van der Waals surface area contributed by atoms with Crippen LogP contribution in [-0.2, 0) is 11.3 Å². The number of carbonyl (C=O) groups excluding carboxylic acids is 1. The quantitative estimate of drug-likeness (QED) is 0.516. The van der Waals surface area contributed by atoms with E-state index in [0.29, 0.717) is 13.0 Å². The number of ether oxygens (including phenoxy) is 1. The van der Waals surface area contributed by atoms with Gasteiger partial charge in [0.15, 0.2) is 0 Å². The highest BCUT2D eigenvalue weighted by Gasteiger charge is 2.28. The summed E-state index contributed by atoms with van der Waals surface area (Å²) in [5.74, 6) is 0.154. The van der Waals surface area contributed by atoms with E-state index in [1.54, 1.807) is 0 Å². The van der Waals surface area contributed by atoms with Crippen molar-refractivity contribution in [1.82, 2.24) is 15.1 Å². The molecule has 160 valence electrons. The van der Waals surface area contributed by atoms with Crippen molar-refractivity contribution in [3.63, 3.8) is 0 Å². The van der Waals surface area contributed by atoms with Crippen LogP contribution in [0.3, 0.4) is 0 Å². The maximum Gasteiger partial charge on any atom is 0.407 e. The van der Waals surface area contributed by atoms with Crippen molar-refractivity contribution in [2.45, 2.75) is 45.8 Å². The van der Waals surface area contributed by atoms with Crippen molar-refractivity contribution < 1.29 is 9.53 Å². The molecule has 6 heteroatoms. The lowest BCUT2D eigenvalue weighted by Gasteiger charge is -2.15. The number of hydrogen-bond acceptors (Lipinski definition) is 3. The normalized spacial score (nSPS) is 17.7. The van der Waals surface area contributed by atoms with Crippen LogP contribution in [0.1, 0.15) is 40.4 Å². The Morgan fingerprint density at radius 1 is 1.16 bits per heavy atom. The highest BCUT2D eigenvalue weighted by Crippen LogP contribution is 2.35. The van der Waals surface area contributed by atoms with Gasteiger partial charge in [0.25, 0.3) is 0 Å². The maximum absolute atomic E-state index is 12.2. The fraction of sp³-hybridized carbons (Fsp3) is 0.280. The van der Waals surface area contributed by atoms with Crippen LogP contribution in [0.4, 0.5) is 4.79 Å². The van der Waals surface area contributed by atoms with Crippen LogP contribution in [0, 0.1) is 20.8 Å². The van der Waals surface area contributed by atoms with E-state index < -0.39 is 6.09 Å². The summed E-state index contributed by atoms with van der Waals surface area (Å²) in [6.45, 7) is 6.52. The molecule has 4 rings (SSSR count). The van der Waals surface area contributed by atoms with Gasteiger partial charge in [0.2, 0.25) is 0 Å². The second-order valence-electron chi connectivity index (χ2n) is 7.94. The fourth-order valence-corrected chi connectivity index (χ4v) is 4.25. The second-order valence-corrected chi connectivity index (χ2v) is 8.35. The predicted octanol–water partition coefficient (Wildman–Crippen LogP) is 5.79. The standard InChI is InChI=1S/C25H26ClN3O2/c1-16-9-11-21(14-23(16)26)29-18(3)24(17(2)28-29)20-10-12-22(13-20)31-25(30)27-15-19-7-5-4-6-8-19/h4-12,14,20,22H,13,15H2,1-3H3,(H,27,30)/t20-,22+/m0/s1. The summed E-state index contributed by atoms with van der Waals surface area (Å²) in [5, 5.41) is 8.29. The summed E-state index contributed by atoms with van der Waals surface area (Å²) >= 11 is 6.32. The molecule has 2 aromatic carbocycles. The number of benzene rings is 2. The van der Waals surface area contributed by atoms with Crippen molar-refractivity contribution in [3.05, 3.63) is 93.8 Å². The molecule has 0 radical (unpaired) electrons. The van der Waals surface area contributed by atoms with E-state index in [9.17, 15) is 4.79 Å². The third kappa shape index (κ3) is 4.67. The van der Waals surface area contributed by atoms with E-state index in [0.717, 1.165) is 33.2 Å². The van der Waals surface area contributed by atoms with Gasteiger partial charge in [-0.2, -0.15) is 5.10 Å². The van der Waals surface area contributed by atoms with Gasteiger partial charge in [0, 0.05) is 28.7 Å². The summed E-state index contributed by atoms with van der Waals surface area (Å²) in [4.78, 5) is 12.2. The van der Waals surface area contributed by atoms with Crippen molar-refractivity contribution in [3.8, 4) is 5.69 Å². The van der Waals surface area contributed by atoms with E-state index in [4.69, 9.17) is 21.4 Å². The van der Waals surface area contributed by atoms with Crippen LogP contribution in [0.15, 0.2) is 60.7 Å². The molecule has 0 unspecified atom stereocenters. The van der Waals surface area contributed by atoms with Gasteiger partial charge in [-0.1, -0.05) is 54.1 Å². The topological polar surface area (TPSA) is 56.2 Å². The van der Waals surface area contributed by atoms with E-state index in [1.807, 2.05) is 73.1 Å². The monoisotopic (exact) mass is 435 g/mol. The predicted molar refractivity (Wildman–Crippen MR) is 123 cm³/mol. The molecule has 31 heavy (non-hydrogen) atoms. The number of amides is 1. The number of rotatable bonds is 5. The number of nitrogens with zero attached hydrogens (tertiary/aromatic N) is 2. The molecular weight excluding hydrogens is 410 g/mol. The Morgan fingerprint density at radius 2 is 1.94 bits per heavy atom. The van der Waals surface area contributed by atoms with E-state index in [2.05, 4.69) is 18.3 Å². The first-order valence-corrected chi connectivity index (χ1v) is 10.8. The Kier molecular flexibility index (Phi) is 6.14. The number of aryl methyl sites for hydroxylation is 2. The molecule has 1 aliphatic carbocycles. The number of alkyl carbamates (subject to hydrolysis) is 1. The van der Waals surface area contributed by atoms with Gasteiger partial charge in [0.1, 0.15) is 6.10 Å². The van der Waals surface area contributed by atoms with Gasteiger partial charge in [-0.15, -0.1) is 0 Å². The number of hydrogen-bond donors (Lipinski definition) is 1. The van der Waals surface area contributed by atoms with Crippen molar-refractivity contribution in [2.75, 3.05) is 0 Å². The number of allylic oxidation sites excluding steroid dienone is 1. The molecule has 0 bridgehead atoms. The molecule has 2 atom stereocenters. The van der Waals surface area contributed by atoms with Crippen LogP contribution >= 0.6 is 11.6 Å². The summed E-state index contributed by atoms with van der Waals surface area (Å²) in [6.07, 6.45) is 4.12. The molecule has 5 nitrogen and oxygen atoms in total. The number of aromatic nitrogens is 2. The average molecular weight is 436 g/mol. The molecule has 3 aromatic rings. The molecule has 0 fully saturated rings. The molecule has 1 heterocycles. The third-order valence-corrected chi connectivity index (χ3v) is 6.11. The first-order valence-electron chi connectivity index (χ1n) is 10.4. The van der Waals surface area contributed by atoms with Crippen LogP contribution < -0.4 is 5.32 Å². The van der Waals surface area contributed by atoms with E-state index in [1.165, 1.54) is 5.56 Å². The zero-order valence-electron chi connectivity index (χ0n) is 17.9. The fourth-order valence-electron chi connectivity index (χ4n) is 4.07. The van der Waals surface area contributed by atoms with Crippen molar-refractivity contribution >= 4 is 17.7 Å². The van der Waals surface area contributed by atoms with Crippen molar-refractivity contribution in [1.29, 1.82) is 0 Å². The van der Waals surface area contributed by atoms with Crippen LogP contribution in [-0.4, -0.2) is 22.0 Å². The minimum absolute atomic E-state index is 0.154. The minimum atomic E-state index is -0.405. The summed E-state index contributed by atoms with van der Waals surface area (Å²) < 4.78 is 7.54. The molecule has 1 aromatic heterocycles. The number of halogens is 1. The molecule has 0 aliphatic heterocycles. The molecule has 1 N–H and O–H groups in total. The van der Waals surface area contributed by atoms with Crippen LogP contribution in [0.5, 0.6) is 0 Å². The molecule has 0 spiro atoms. The van der Waals surface area contributed by atoms with Gasteiger partial charge >= 0.3 is 6.09 Å². The van der Waals surface area contributed by atoms with E-state index >= 15 is 0 Å². The highest BCUT2D eigenvalue weighted by atomic mass is 35.5.